The zero-order chi connectivity index (χ0) is 24.5. The van der Waals surface area contributed by atoms with Crippen LogP contribution in [0.15, 0.2) is 48.5 Å². The van der Waals surface area contributed by atoms with Crippen molar-refractivity contribution in [1.82, 2.24) is 4.57 Å². The van der Waals surface area contributed by atoms with Gasteiger partial charge in [-0.1, -0.05) is 23.7 Å². The van der Waals surface area contributed by atoms with E-state index in [0.29, 0.717) is 22.6 Å². The average Bonchev–Trinajstić information content (AvgIpc) is 3.06. The zero-order valence-electron chi connectivity index (χ0n) is 18.4. The summed E-state index contributed by atoms with van der Waals surface area (Å²) in [4.78, 5) is 25.4. The van der Waals surface area contributed by atoms with E-state index in [4.69, 9.17) is 16.3 Å². The van der Waals surface area contributed by atoms with E-state index < -0.39 is 34.2 Å². The molecule has 0 fully saturated rings. The topological polar surface area (TPSA) is 85.7 Å². The highest BCUT2D eigenvalue weighted by Crippen LogP contribution is 2.26. The largest absolute Gasteiger partial charge is 0.454 e. The smallest absolute Gasteiger partial charge is 0.340 e. The number of halogens is 2. The number of hydrogen-bond acceptors (Lipinski definition) is 5. The van der Waals surface area contributed by atoms with E-state index in [0.717, 1.165) is 10.6 Å². The number of hydrogen-bond donors (Lipinski definition) is 0. The summed E-state index contributed by atoms with van der Waals surface area (Å²) in [6.07, 6.45) is 1.02. The molecule has 0 radical (unpaired) electrons. The molecule has 3 rings (SSSR count). The first-order chi connectivity index (χ1) is 15.4. The van der Waals surface area contributed by atoms with Crippen LogP contribution >= 0.6 is 11.6 Å². The molecule has 10 heteroatoms. The van der Waals surface area contributed by atoms with Gasteiger partial charge in [0.15, 0.2) is 6.61 Å². The fraction of sp³-hybridized carbons (Fsp3) is 0.217. The quantitative estimate of drug-likeness (QED) is 0.362. The van der Waals surface area contributed by atoms with E-state index in [9.17, 15) is 22.4 Å². The van der Waals surface area contributed by atoms with Crippen LogP contribution in [0.3, 0.4) is 0 Å². The van der Waals surface area contributed by atoms with Gasteiger partial charge in [-0.2, -0.15) is 0 Å². The molecule has 7 nitrogen and oxygen atoms in total. The highest BCUT2D eigenvalue weighted by atomic mass is 35.5. The number of ketones is 1. The van der Waals surface area contributed by atoms with Gasteiger partial charge in [0.05, 0.1) is 22.5 Å². The van der Waals surface area contributed by atoms with Crippen LogP contribution in [0.25, 0.3) is 5.69 Å². The maximum atomic E-state index is 13.5. The van der Waals surface area contributed by atoms with Crippen molar-refractivity contribution in [3.63, 3.8) is 0 Å². The third kappa shape index (κ3) is 5.09. The maximum Gasteiger partial charge on any atom is 0.340 e. The Kier molecular flexibility index (Phi) is 6.94. The number of sulfonamides is 1. The molecule has 0 spiro atoms. The van der Waals surface area contributed by atoms with Crippen LogP contribution in [0.1, 0.15) is 32.1 Å². The SMILES string of the molecule is Cc1cc(C(=O)COC(=O)c2ccccc2N(C)S(C)(=O)=O)c(C)n1-c1ccc(F)c(Cl)c1. The van der Waals surface area contributed by atoms with E-state index >= 15 is 0 Å². The van der Waals surface area contributed by atoms with Crippen LogP contribution in [-0.2, 0) is 14.8 Å². The van der Waals surface area contributed by atoms with Gasteiger partial charge in [-0.05, 0) is 50.2 Å². The standard InChI is InChI=1S/C23H22ClFN2O5S/c1-14-11-18(15(2)27(14)16-9-10-20(25)19(24)12-16)22(28)13-32-23(29)17-7-5-6-8-21(17)26(3)33(4,30)31/h5-12H,13H2,1-4H3. The molecule has 0 aliphatic carbocycles. The third-order valence-corrected chi connectivity index (χ3v) is 6.67. The van der Waals surface area contributed by atoms with Crippen molar-refractivity contribution in [2.75, 3.05) is 24.2 Å². The molecular weight excluding hydrogens is 471 g/mol. The maximum absolute atomic E-state index is 13.5. The Morgan fingerprint density at radius 2 is 1.76 bits per heavy atom. The minimum atomic E-state index is -3.60. The molecule has 1 aromatic heterocycles. The number of aryl methyl sites for hydroxylation is 1. The molecule has 3 aromatic rings. The van der Waals surface area contributed by atoms with Crippen molar-refractivity contribution in [2.24, 2.45) is 0 Å². The van der Waals surface area contributed by atoms with Crippen molar-refractivity contribution < 1.29 is 27.1 Å². The lowest BCUT2D eigenvalue weighted by atomic mass is 10.1. The molecule has 0 atom stereocenters. The highest BCUT2D eigenvalue weighted by Gasteiger charge is 2.23. The lowest BCUT2D eigenvalue weighted by Crippen LogP contribution is -2.27. The fourth-order valence-corrected chi connectivity index (χ4v) is 4.14. The average molecular weight is 493 g/mol. The fourth-order valence-electron chi connectivity index (χ4n) is 3.45. The first kappa shape index (κ1) is 24.5. The number of nitrogens with zero attached hydrogens (tertiary/aromatic N) is 2. The van der Waals surface area contributed by atoms with E-state index in [2.05, 4.69) is 0 Å². The van der Waals surface area contributed by atoms with Gasteiger partial charge >= 0.3 is 5.97 Å². The second kappa shape index (κ2) is 9.36. The molecule has 0 aliphatic heterocycles. The van der Waals surface area contributed by atoms with Gasteiger partial charge in [-0.15, -0.1) is 0 Å². The number of anilines is 1. The number of ether oxygens (including phenoxy) is 1. The van der Waals surface area contributed by atoms with Crippen LogP contribution in [-0.4, -0.2) is 44.6 Å². The number of esters is 1. The third-order valence-electron chi connectivity index (χ3n) is 5.19. The number of benzene rings is 2. The molecule has 0 saturated carbocycles. The molecule has 0 bridgehead atoms. The normalized spacial score (nSPS) is 11.3. The van der Waals surface area contributed by atoms with Gasteiger partial charge in [0, 0.05) is 29.7 Å². The van der Waals surface area contributed by atoms with Crippen molar-refractivity contribution in [3.05, 3.63) is 81.9 Å². The van der Waals surface area contributed by atoms with E-state index in [1.54, 1.807) is 42.7 Å². The first-order valence-electron chi connectivity index (χ1n) is 9.79. The lowest BCUT2D eigenvalue weighted by molar-refractivity contribution is 0.0475. The summed E-state index contributed by atoms with van der Waals surface area (Å²) < 4.78 is 45.2. The zero-order valence-corrected chi connectivity index (χ0v) is 20.0. The van der Waals surface area contributed by atoms with Gasteiger partial charge in [0.1, 0.15) is 5.82 Å². The van der Waals surface area contributed by atoms with Gasteiger partial charge in [-0.3, -0.25) is 9.10 Å². The summed E-state index contributed by atoms with van der Waals surface area (Å²) in [5.41, 5.74) is 2.37. The van der Waals surface area contributed by atoms with Crippen molar-refractivity contribution >= 4 is 39.1 Å². The summed E-state index contributed by atoms with van der Waals surface area (Å²) >= 11 is 5.89. The minimum absolute atomic E-state index is 0.0182. The Balaban J connectivity index is 1.82. The van der Waals surface area contributed by atoms with Gasteiger partial charge < -0.3 is 9.30 Å². The summed E-state index contributed by atoms with van der Waals surface area (Å²) in [6, 6.07) is 12.0. The molecule has 2 aromatic carbocycles. The molecule has 174 valence electrons. The van der Waals surface area contributed by atoms with Crippen LogP contribution in [0.4, 0.5) is 10.1 Å². The molecule has 0 unspecified atom stereocenters. The number of Topliss-reactive ketones (excluding diaryl/α,β-unsaturated/α-hetero) is 1. The van der Waals surface area contributed by atoms with Crippen LogP contribution in [0, 0.1) is 19.7 Å². The number of aromatic nitrogens is 1. The van der Waals surface area contributed by atoms with Gasteiger partial charge in [-0.25, -0.2) is 17.6 Å². The number of carbonyl (C=O) groups excluding carboxylic acids is 2. The van der Waals surface area contributed by atoms with Crippen LogP contribution in [0.2, 0.25) is 5.02 Å². The number of carbonyl (C=O) groups is 2. The summed E-state index contributed by atoms with van der Waals surface area (Å²) in [5.74, 6) is -1.81. The Morgan fingerprint density at radius 1 is 1.09 bits per heavy atom. The predicted molar refractivity (Wildman–Crippen MR) is 125 cm³/mol. The van der Waals surface area contributed by atoms with Crippen molar-refractivity contribution in [3.8, 4) is 5.69 Å². The molecule has 33 heavy (non-hydrogen) atoms. The second-order valence-corrected chi connectivity index (χ2v) is 9.89. The second-order valence-electron chi connectivity index (χ2n) is 7.47. The summed E-state index contributed by atoms with van der Waals surface area (Å²) in [5, 5.41) is -0.0421. The predicted octanol–water partition coefficient (Wildman–Crippen LogP) is 4.32. The van der Waals surface area contributed by atoms with E-state index in [1.165, 1.54) is 31.3 Å². The molecule has 0 saturated heterocycles. The van der Waals surface area contributed by atoms with Crippen molar-refractivity contribution in [2.45, 2.75) is 13.8 Å². The van der Waals surface area contributed by atoms with Gasteiger partial charge in [0.25, 0.3) is 0 Å². The van der Waals surface area contributed by atoms with Gasteiger partial charge in [0.2, 0.25) is 15.8 Å². The Bertz CT molecular complexity index is 1350. The summed E-state index contributed by atoms with van der Waals surface area (Å²) in [6.45, 7) is 2.96. The molecular formula is C23H22ClFN2O5S. The summed E-state index contributed by atoms with van der Waals surface area (Å²) in [7, 11) is -2.28. The molecule has 0 amide bonds. The molecule has 0 aliphatic rings. The van der Waals surface area contributed by atoms with Crippen LogP contribution < -0.4 is 4.31 Å². The Labute approximate surface area is 196 Å². The first-order valence-corrected chi connectivity index (χ1v) is 12.0. The van der Waals surface area contributed by atoms with Crippen LogP contribution in [0.5, 0.6) is 0 Å². The van der Waals surface area contributed by atoms with E-state index in [-0.39, 0.29) is 16.3 Å². The molecule has 0 N–H and O–H groups in total. The van der Waals surface area contributed by atoms with E-state index in [1.807, 2.05) is 0 Å². The number of para-hydroxylation sites is 1. The lowest BCUT2D eigenvalue weighted by Gasteiger charge is -2.19. The Morgan fingerprint density at radius 3 is 2.39 bits per heavy atom. The number of rotatable bonds is 7. The van der Waals surface area contributed by atoms with Crippen molar-refractivity contribution in [1.29, 1.82) is 0 Å². The highest BCUT2D eigenvalue weighted by molar-refractivity contribution is 7.92. The Hall–Kier alpha value is -3.17. The monoisotopic (exact) mass is 492 g/mol. The molecule has 1 heterocycles. The minimum Gasteiger partial charge on any atom is -0.454 e.